The van der Waals surface area contributed by atoms with E-state index in [-0.39, 0.29) is 23.5 Å². The van der Waals surface area contributed by atoms with Crippen molar-refractivity contribution in [1.29, 1.82) is 0 Å². The molecule has 5 N–H and O–H groups in total. The van der Waals surface area contributed by atoms with Crippen LogP contribution < -0.4 is 16.0 Å². The number of rotatable bonds is 12. The first-order chi connectivity index (χ1) is 21.9. The lowest BCUT2D eigenvalue weighted by molar-refractivity contribution is -0.116. The Kier molecular flexibility index (Phi) is 11.0. The van der Waals surface area contributed by atoms with E-state index in [1.54, 1.807) is 30.3 Å². The third-order valence-electron chi connectivity index (χ3n) is 7.92. The van der Waals surface area contributed by atoms with E-state index < -0.39 is 6.09 Å². The summed E-state index contributed by atoms with van der Waals surface area (Å²) in [5.74, 6) is 0.253. The number of nitrogens with one attached hydrogen (secondary N) is 3. The second-order valence-electron chi connectivity index (χ2n) is 11.2. The van der Waals surface area contributed by atoms with Crippen LogP contribution in [0.25, 0.3) is 11.1 Å². The normalized spacial score (nSPS) is 13.7. The van der Waals surface area contributed by atoms with E-state index >= 15 is 0 Å². The number of aromatic hydroxyl groups is 2. The van der Waals surface area contributed by atoms with Gasteiger partial charge in [-0.05, 0) is 61.2 Å². The van der Waals surface area contributed by atoms with E-state index in [9.17, 15) is 19.8 Å². The molecule has 4 aromatic carbocycles. The second kappa shape index (κ2) is 15.7. The van der Waals surface area contributed by atoms with E-state index in [1.165, 1.54) is 0 Å². The van der Waals surface area contributed by atoms with E-state index in [2.05, 4.69) is 20.9 Å². The number of phenols is 2. The number of piperidine rings is 1. The van der Waals surface area contributed by atoms with Gasteiger partial charge in [-0.15, -0.1) is 0 Å². The van der Waals surface area contributed by atoms with Gasteiger partial charge in [-0.25, -0.2) is 4.79 Å². The minimum atomic E-state index is -0.463. The summed E-state index contributed by atoms with van der Waals surface area (Å²) in [4.78, 5) is 27.5. The standard InChI is InChI=1S/C36H40N4O5/c41-30-14-10-26(11-15-30)16-20-37-25-28-12-13-29(24-34(28)42)38-35(43)19-23-40-21-17-31(18-22-40)45-36(44)39-33-9-5-4-8-32(33)27-6-2-1-3-7-27/h1-15,24,31,37,41-42H,16-23,25H2,(H,38,43)(H,39,44). The maximum atomic E-state index is 12.7. The zero-order valence-corrected chi connectivity index (χ0v) is 25.2. The fraction of sp³-hybridized carbons (Fsp3) is 0.278. The molecule has 1 saturated heterocycles. The molecule has 0 bridgehead atoms. The average molecular weight is 609 g/mol. The van der Waals surface area contributed by atoms with E-state index in [0.717, 1.165) is 48.3 Å². The molecule has 0 atom stereocenters. The van der Waals surface area contributed by atoms with Gasteiger partial charge in [0.1, 0.15) is 17.6 Å². The van der Waals surface area contributed by atoms with Crippen LogP contribution in [0.1, 0.15) is 30.4 Å². The molecule has 1 aliphatic rings. The summed E-state index contributed by atoms with van der Waals surface area (Å²) in [6, 6.07) is 29.8. The number of likely N-dealkylation sites (tertiary alicyclic amines) is 1. The highest BCUT2D eigenvalue weighted by Crippen LogP contribution is 2.28. The molecule has 9 nitrogen and oxygen atoms in total. The van der Waals surface area contributed by atoms with Gasteiger partial charge in [0.2, 0.25) is 5.91 Å². The zero-order valence-electron chi connectivity index (χ0n) is 25.2. The van der Waals surface area contributed by atoms with Gasteiger partial charge >= 0.3 is 6.09 Å². The number of hydrogen-bond acceptors (Lipinski definition) is 7. The van der Waals surface area contributed by atoms with Crippen molar-refractivity contribution in [3.63, 3.8) is 0 Å². The maximum absolute atomic E-state index is 12.7. The van der Waals surface area contributed by atoms with E-state index in [4.69, 9.17) is 4.74 Å². The molecule has 0 radical (unpaired) electrons. The molecule has 5 rings (SSSR count). The lowest BCUT2D eigenvalue weighted by atomic mass is 10.0. The molecular weight excluding hydrogens is 568 g/mol. The van der Waals surface area contributed by atoms with Crippen molar-refractivity contribution >= 4 is 23.4 Å². The third-order valence-corrected chi connectivity index (χ3v) is 7.92. The molecule has 2 amide bonds. The quantitative estimate of drug-likeness (QED) is 0.123. The van der Waals surface area contributed by atoms with Gasteiger partial charge in [0, 0.05) is 55.5 Å². The monoisotopic (exact) mass is 608 g/mol. The number of ether oxygens (including phenoxy) is 1. The average Bonchev–Trinajstić information content (AvgIpc) is 3.05. The summed E-state index contributed by atoms with van der Waals surface area (Å²) in [6.45, 7) is 3.30. The van der Waals surface area contributed by atoms with Crippen LogP contribution in [0.4, 0.5) is 16.2 Å². The number of phenolic OH excluding ortho intramolecular Hbond substituents is 2. The summed E-state index contributed by atoms with van der Waals surface area (Å²) in [7, 11) is 0. The van der Waals surface area contributed by atoms with Crippen molar-refractivity contribution < 1.29 is 24.5 Å². The topological polar surface area (TPSA) is 123 Å². The highest BCUT2D eigenvalue weighted by Gasteiger charge is 2.23. The number of hydrogen-bond donors (Lipinski definition) is 5. The van der Waals surface area contributed by atoms with Crippen molar-refractivity contribution in [3.8, 4) is 22.6 Å². The molecule has 1 aliphatic heterocycles. The summed E-state index contributed by atoms with van der Waals surface area (Å²) in [6.07, 6.45) is 1.89. The fourth-order valence-corrected chi connectivity index (χ4v) is 5.40. The highest BCUT2D eigenvalue weighted by atomic mass is 16.6. The SMILES string of the molecule is O=C(CCN1CCC(OC(=O)Nc2ccccc2-c2ccccc2)CC1)Nc1ccc(CNCCc2ccc(O)cc2)c(O)c1. The van der Waals surface area contributed by atoms with Crippen molar-refractivity contribution in [2.24, 2.45) is 0 Å². The van der Waals surface area contributed by atoms with Crippen molar-refractivity contribution in [2.75, 3.05) is 36.8 Å². The molecule has 0 saturated carbocycles. The maximum Gasteiger partial charge on any atom is 0.411 e. The minimum absolute atomic E-state index is 0.121. The number of carbonyl (C=O) groups is 2. The molecule has 9 heteroatoms. The number of para-hydroxylation sites is 1. The predicted molar refractivity (Wildman–Crippen MR) is 176 cm³/mol. The molecule has 0 spiro atoms. The highest BCUT2D eigenvalue weighted by molar-refractivity contribution is 5.92. The lowest BCUT2D eigenvalue weighted by Gasteiger charge is -2.31. The molecule has 4 aromatic rings. The van der Waals surface area contributed by atoms with Gasteiger partial charge < -0.3 is 30.5 Å². The first-order valence-corrected chi connectivity index (χ1v) is 15.4. The Morgan fingerprint density at radius 1 is 0.844 bits per heavy atom. The van der Waals surface area contributed by atoms with Gasteiger partial charge in [-0.1, -0.05) is 66.7 Å². The first kappa shape index (κ1) is 31.6. The molecule has 0 unspecified atom stereocenters. The van der Waals surface area contributed by atoms with Crippen LogP contribution in [0, 0.1) is 0 Å². The van der Waals surface area contributed by atoms with Crippen LogP contribution in [-0.4, -0.2) is 59.4 Å². The Bertz CT molecular complexity index is 1550. The summed E-state index contributed by atoms with van der Waals surface area (Å²) < 4.78 is 5.72. The second-order valence-corrected chi connectivity index (χ2v) is 11.2. The Morgan fingerprint density at radius 3 is 2.33 bits per heavy atom. The largest absolute Gasteiger partial charge is 0.508 e. The molecule has 0 aromatic heterocycles. The molecular formula is C36H40N4O5. The van der Waals surface area contributed by atoms with Crippen LogP contribution in [0.15, 0.2) is 97.1 Å². The van der Waals surface area contributed by atoms with Crippen LogP contribution >= 0.6 is 0 Å². The predicted octanol–water partition coefficient (Wildman–Crippen LogP) is 6.14. The summed E-state index contributed by atoms with van der Waals surface area (Å²) in [5, 5.41) is 28.9. The third kappa shape index (κ3) is 9.56. The number of anilines is 2. The lowest BCUT2D eigenvalue weighted by Crippen LogP contribution is -2.39. The first-order valence-electron chi connectivity index (χ1n) is 15.4. The number of amides is 2. The Morgan fingerprint density at radius 2 is 1.58 bits per heavy atom. The Labute approximate surface area is 263 Å². The van der Waals surface area contributed by atoms with E-state index in [1.807, 2.05) is 66.7 Å². The molecule has 0 aliphatic carbocycles. The molecule has 1 fully saturated rings. The fourth-order valence-electron chi connectivity index (χ4n) is 5.40. The summed E-state index contributed by atoms with van der Waals surface area (Å²) >= 11 is 0. The minimum Gasteiger partial charge on any atom is -0.508 e. The van der Waals surface area contributed by atoms with Crippen LogP contribution in [0.2, 0.25) is 0 Å². The van der Waals surface area contributed by atoms with Gasteiger partial charge in [0.05, 0.1) is 5.69 Å². The van der Waals surface area contributed by atoms with Crippen molar-refractivity contribution in [3.05, 3.63) is 108 Å². The van der Waals surface area contributed by atoms with Crippen molar-refractivity contribution in [1.82, 2.24) is 10.2 Å². The van der Waals surface area contributed by atoms with Crippen LogP contribution in [0.3, 0.4) is 0 Å². The smallest absolute Gasteiger partial charge is 0.411 e. The van der Waals surface area contributed by atoms with Gasteiger partial charge in [-0.2, -0.15) is 0 Å². The number of benzene rings is 4. The Balaban J connectivity index is 0.986. The number of carbonyl (C=O) groups excluding carboxylic acids is 2. The van der Waals surface area contributed by atoms with Crippen LogP contribution in [0.5, 0.6) is 11.5 Å². The van der Waals surface area contributed by atoms with Gasteiger partial charge in [0.15, 0.2) is 0 Å². The molecule has 234 valence electrons. The van der Waals surface area contributed by atoms with E-state index in [0.29, 0.717) is 43.7 Å². The van der Waals surface area contributed by atoms with Gasteiger partial charge in [-0.3, -0.25) is 10.1 Å². The van der Waals surface area contributed by atoms with Crippen LogP contribution in [-0.2, 0) is 22.5 Å². The van der Waals surface area contributed by atoms with Gasteiger partial charge in [0.25, 0.3) is 0 Å². The molecule has 45 heavy (non-hydrogen) atoms. The Hall–Kier alpha value is -4.86. The zero-order chi connectivity index (χ0) is 31.4. The summed E-state index contributed by atoms with van der Waals surface area (Å²) in [5.41, 5.74) is 5.08. The van der Waals surface area contributed by atoms with Crippen molar-refractivity contribution in [2.45, 2.75) is 38.3 Å². The number of nitrogens with zero attached hydrogens (tertiary/aromatic N) is 1. The molecule has 1 heterocycles.